The second-order valence-corrected chi connectivity index (χ2v) is 5.07. The van der Waals surface area contributed by atoms with Crippen molar-refractivity contribution in [2.75, 3.05) is 18.9 Å². The number of amides is 2. The van der Waals surface area contributed by atoms with Gasteiger partial charge in [-0.3, -0.25) is 9.59 Å². The van der Waals surface area contributed by atoms with Gasteiger partial charge in [0.2, 0.25) is 11.8 Å². The Balaban J connectivity index is 0.00000220. The number of carbonyl (C=O) groups excluding carboxylic acids is 2. The van der Waals surface area contributed by atoms with E-state index in [0.717, 1.165) is 0 Å². The number of nitrogens with one attached hydrogen (secondary N) is 1. The van der Waals surface area contributed by atoms with Gasteiger partial charge >= 0.3 is 0 Å². The summed E-state index contributed by atoms with van der Waals surface area (Å²) in [6.07, 6.45) is 0.0685. The standard InChI is InChI=1S/C14H18FN3O2.ClH/c1-8(7-16)18(2)14(20)11-6-13(19)17-12-5-9(15)3-4-10(11)12;/h3-5,8,11H,6-7,16H2,1-2H3,(H,17,19);1H. The van der Waals surface area contributed by atoms with Gasteiger partial charge in [-0.1, -0.05) is 6.07 Å². The highest BCUT2D eigenvalue weighted by Gasteiger charge is 2.33. The molecule has 0 radical (unpaired) electrons. The first-order valence-electron chi connectivity index (χ1n) is 6.50. The highest BCUT2D eigenvalue weighted by Crippen LogP contribution is 2.34. The van der Waals surface area contributed by atoms with Crippen LogP contribution in [0.2, 0.25) is 0 Å². The Morgan fingerprint density at radius 1 is 1.57 bits per heavy atom. The van der Waals surface area contributed by atoms with Crippen LogP contribution in [-0.2, 0) is 9.59 Å². The number of hydrogen-bond acceptors (Lipinski definition) is 3. The first-order valence-corrected chi connectivity index (χ1v) is 6.50. The lowest BCUT2D eigenvalue weighted by Crippen LogP contribution is -2.43. The molecular weight excluding hydrogens is 297 g/mol. The van der Waals surface area contributed by atoms with E-state index in [2.05, 4.69) is 5.32 Å². The van der Waals surface area contributed by atoms with E-state index in [9.17, 15) is 14.0 Å². The molecule has 1 aromatic rings. The summed E-state index contributed by atoms with van der Waals surface area (Å²) >= 11 is 0. The Morgan fingerprint density at radius 3 is 2.86 bits per heavy atom. The van der Waals surface area contributed by atoms with E-state index in [1.807, 2.05) is 6.92 Å². The van der Waals surface area contributed by atoms with E-state index in [1.54, 1.807) is 13.1 Å². The van der Waals surface area contributed by atoms with Gasteiger partial charge < -0.3 is 16.0 Å². The van der Waals surface area contributed by atoms with Crippen LogP contribution in [0.3, 0.4) is 0 Å². The molecule has 1 aliphatic heterocycles. The second-order valence-electron chi connectivity index (χ2n) is 5.07. The summed E-state index contributed by atoms with van der Waals surface area (Å²) in [6.45, 7) is 2.18. The molecule has 21 heavy (non-hydrogen) atoms. The van der Waals surface area contributed by atoms with Gasteiger partial charge in [0.15, 0.2) is 0 Å². The lowest BCUT2D eigenvalue weighted by atomic mass is 9.89. The number of nitrogens with zero attached hydrogens (tertiary/aromatic N) is 1. The SMILES string of the molecule is CC(CN)N(C)C(=O)C1CC(=O)Nc2cc(F)ccc21.Cl. The molecule has 0 saturated carbocycles. The first kappa shape index (κ1) is 17.4. The number of likely N-dealkylation sites (N-methyl/N-ethyl adjacent to an activating group) is 1. The molecule has 5 nitrogen and oxygen atoms in total. The smallest absolute Gasteiger partial charge is 0.230 e. The summed E-state index contributed by atoms with van der Waals surface area (Å²) in [5.41, 5.74) is 6.57. The maximum atomic E-state index is 13.2. The van der Waals surface area contributed by atoms with Crippen LogP contribution in [0.1, 0.15) is 24.8 Å². The maximum absolute atomic E-state index is 13.2. The molecule has 0 saturated heterocycles. The number of hydrogen-bond donors (Lipinski definition) is 2. The normalized spacial score (nSPS) is 18.1. The van der Waals surface area contributed by atoms with Gasteiger partial charge in [-0.05, 0) is 24.6 Å². The summed E-state index contributed by atoms with van der Waals surface area (Å²) in [6, 6.07) is 3.96. The fourth-order valence-corrected chi connectivity index (χ4v) is 2.28. The third-order valence-corrected chi connectivity index (χ3v) is 3.70. The zero-order valence-corrected chi connectivity index (χ0v) is 12.7. The first-order chi connectivity index (χ1) is 9.43. The molecule has 0 bridgehead atoms. The Hall–Kier alpha value is -1.66. The molecule has 0 aromatic heterocycles. The monoisotopic (exact) mass is 315 g/mol. The number of halogens is 2. The van der Waals surface area contributed by atoms with E-state index in [1.165, 1.54) is 17.0 Å². The van der Waals surface area contributed by atoms with Gasteiger partial charge in [0, 0.05) is 31.7 Å². The van der Waals surface area contributed by atoms with Crippen LogP contribution in [0, 0.1) is 5.82 Å². The van der Waals surface area contributed by atoms with Crippen molar-refractivity contribution < 1.29 is 14.0 Å². The topological polar surface area (TPSA) is 75.4 Å². The minimum absolute atomic E-state index is 0. The number of fused-ring (bicyclic) bond motifs is 1. The van der Waals surface area contributed by atoms with E-state index < -0.39 is 11.7 Å². The zero-order chi connectivity index (χ0) is 14.9. The van der Waals surface area contributed by atoms with Crippen LogP contribution in [0.25, 0.3) is 0 Å². The van der Waals surface area contributed by atoms with E-state index in [4.69, 9.17) is 5.73 Å². The third kappa shape index (κ3) is 3.51. The minimum atomic E-state index is -0.585. The average Bonchev–Trinajstić information content (AvgIpc) is 2.43. The highest BCUT2D eigenvalue weighted by molar-refractivity contribution is 6.01. The third-order valence-electron chi connectivity index (χ3n) is 3.70. The van der Waals surface area contributed by atoms with Gasteiger partial charge in [0.25, 0.3) is 0 Å². The molecule has 7 heteroatoms. The van der Waals surface area contributed by atoms with Crippen LogP contribution >= 0.6 is 12.4 Å². The summed E-state index contributed by atoms with van der Waals surface area (Å²) in [5, 5.41) is 2.59. The second kappa shape index (κ2) is 6.87. The lowest BCUT2D eigenvalue weighted by molar-refractivity contribution is -0.135. The number of benzene rings is 1. The summed E-state index contributed by atoms with van der Waals surface area (Å²) in [4.78, 5) is 25.7. The highest BCUT2D eigenvalue weighted by atomic mass is 35.5. The quantitative estimate of drug-likeness (QED) is 0.887. The lowest BCUT2D eigenvalue weighted by Gasteiger charge is -2.31. The molecule has 0 aliphatic carbocycles. The predicted octanol–water partition coefficient (Wildman–Crippen LogP) is 1.48. The molecule has 1 aromatic carbocycles. The maximum Gasteiger partial charge on any atom is 0.230 e. The molecule has 3 N–H and O–H groups in total. The number of carbonyl (C=O) groups is 2. The molecule has 116 valence electrons. The van der Waals surface area contributed by atoms with Crippen molar-refractivity contribution in [3.63, 3.8) is 0 Å². The summed E-state index contributed by atoms with van der Waals surface area (Å²) in [5.74, 6) is -1.49. The van der Waals surface area contributed by atoms with Crippen molar-refractivity contribution in [1.29, 1.82) is 0 Å². The molecule has 0 fully saturated rings. The Kier molecular flexibility index (Phi) is 5.69. The Labute approximate surface area is 129 Å². The fraction of sp³-hybridized carbons (Fsp3) is 0.429. The summed E-state index contributed by atoms with van der Waals surface area (Å²) in [7, 11) is 1.66. The molecular formula is C14H19ClFN3O2. The van der Waals surface area contributed by atoms with E-state index >= 15 is 0 Å². The molecule has 2 rings (SSSR count). The van der Waals surface area contributed by atoms with Gasteiger partial charge in [0.1, 0.15) is 5.82 Å². The van der Waals surface area contributed by atoms with Gasteiger partial charge in [0.05, 0.1) is 5.92 Å². The van der Waals surface area contributed by atoms with Crippen molar-refractivity contribution in [2.24, 2.45) is 5.73 Å². The van der Waals surface area contributed by atoms with Crippen molar-refractivity contribution in [1.82, 2.24) is 4.90 Å². The fourth-order valence-electron chi connectivity index (χ4n) is 2.28. The zero-order valence-electron chi connectivity index (χ0n) is 11.9. The van der Waals surface area contributed by atoms with Gasteiger partial charge in [-0.15, -0.1) is 12.4 Å². The Morgan fingerprint density at radius 2 is 2.24 bits per heavy atom. The average molecular weight is 316 g/mol. The van der Waals surface area contributed by atoms with Crippen LogP contribution in [0.15, 0.2) is 18.2 Å². The van der Waals surface area contributed by atoms with E-state index in [0.29, 0.717) is 17.8 Å². The molecule has 2 unspecified atom stereocenters. The van der Waals surface area contributed by atoms with Crippen molar-refractivity contribution in [3.05, 3.63) is 29.6 Å². The molecule has 1 heterocycles. The van der Waals surface area contributed by atoms with Crippen molar-refractivity contribution in [2.45, 2.75) is 25.3 Å². The van der Waals surface area contributed by atoms with Crippen LogP contribution in [0.5, 0.6) is 0 Å². The minimum Gasteiger partial charge on any atom is -0.341 e. The number of anilines is 1. The van der Waals surface area contributed by atoms with Crippen molar-refractivity contribution in [3.8, 4) is 0 Å². The number of nitrogens with two attached hydrogens (primary N) is 1. The predicted molar refractivity (Wildman–Crippen MR) is 80.9 cm³/mol. The number of rotatable bonds is 3. The van der Waals surface area contributed by atoms with Crippen LogP contribution < -0.4 is 11.1 Å². The van der Waals surface area contributed by atoms with Gasteiger partial charge in [-0.2, -0.15) is 0 Å². The van der Waals surface area contributed by atoms with Crippen molar-refractivity contribution >= 4 is 29.9 Å². The Bertz CT molecular complexity index is 553. The molecule has 1 aliphatic rings. The largest absolute Gasteiger partial charge is 0.341 e. The molecule has 2 atom stereocenters. The van der Waals surface area contributed by atoms with Gasteiger partial charge in [-0.25, -0.2) is 4.39 Å². The van der Waals surface area contributed by atoms with E-state index in [-0.39, 0.29) is 36.7 Å². The molecule has 0 spiro atoms. The van der Waals surface area contributed by atoms with Crippen LogP contribution in [-0.4, -0.2) is 36.3 Å². The summed E-state index contributed by atoms with van der Waals surface area (Å²) < 4.78 is 13.2. The molecule has 2 amide bonds. The van der Waals surface area contributed by atoms with Crippen LogP contribution in [0.4, 0.5) is 10.1 Å².